The Balaban J connectivity index is 1.71. The lowest BCUT2D eigenvalue weighted by Crippen LogP contribution is -2.36. The lowest BCUT2D eigenvalue weighted by atomic mass is 10.1. The molecule has 1 N–H and O–H groups in total. The van der Waals surface area contributed by atoms with Crippen molar-refractivity contribution in [3.63, 3.8) is 0 Å². The molecule has 1 heterocycles. The molecule has 1 atom stereocenters. The standard InChI is InChI=1S/C16H24N2O2S/c1-13-5-3-4-6-15(13)21-12-16(19)17-9-14-10-18(2)7-8-20-11-14/h3-6,14H,7-12H2,1-2H3,(H,17,19)/t14-/m1/s1. The predicted octanol–water partition coefficient (Wildman–Crippen LogP) is 1.78. The van der Waals surface area contributed by atoms with Gasteiger partial charge in [-0.25, -0.2) is 0 Å². The number of nitrogens with zero attached hydrogens (tertiary/aromatic N) is 1. The highest BCUT2D eigenvalue weighted by molar-refractivity contribution is 8.00. The van der Waals surface area contributed by atoms with Gasteiger partial charge in [-0.2, -0.15) is 0 Å². The molecule has 1 saturated heterocycles. The molecule has 1 amide bonds. The van der Waals surface area contributed by atoms with E-state index in [0.717, 1.165) is 26.3 Å². The topological polar surface area (TPSA) is 41.6 Å². The zero-order valence-electron chi connectivity index (χ0n) is 12.8. The second kappa shape index (κ2) is 8.41. The van der Waals surface area contributed by atoms with Gasteiger partial charge in [0, 0.05) is 30.4 Å². The van der Waals surface area contributed by atoms with Crippen molar-refractivity contribution in [2.45, 2.75) is 11.8 Å². The Morgan fingerprint density at radius 2 is 2.29 bits per heavy atom. The molecule has 0 aromatic heterocycles. The minimum absolute atomic E-state index is 0.0927. The first-order valence-corrected chi connectivity index (χ1v) is 8.35. The highest BCUT2D eigenvalue weighted by Gasteiger charge is 2.16. The average molecular weight is 308 g/mol. The fraction of sp³-hybridized carbons (Fsp3) is 0.562. The van der Waals surface area contributed by atoms with Crippen LogP contribution in [0.2, 0.25) is 0 Å². The molecule has 4 nitrogen and oxygen atoms in total. The zero-order chi connectivity index (χ0) is 15.1. The quantitative estimate of drug-likeness (QED) is 0.842. The lowest BCUT2D eigenvalue weighted by molar-refractivity contribution is -0.118. The molecule has 1 aromatic carbocycles. The number of likely N-dealkylation sites (N-methyl/N-ethyl adjacent to an activating group) is 1. The first-order valence-electron chi connectivity index (χ1n) is 7.36. The van der Waals surface area contributed by atoms with Gasteiger partial charge >= 0.3 is 0 Å². The largest absolute Gasteiger partial charge is 0.380 e. The number of hydrogen-bond acceptors (Lipinski definition) is 4. The summed E-state index contributed by atoms with van der Waals surface area (Å²) in [6, 6.07) is 8.15. The Bertz CT molecular complexity index is 467. The van der Waals surface area contributed by atoms with Gasteiger partial charge in [0.1, 0.15) is 0 Å². The molecule has 0 unspecified atom stereocenters. The summed E-state index contributed by atoms with van der Waals surface area (Å²) in [6.07, 6.45) is 0. The number of nitrogens with one attached hydrogen (secondary N) is 1. The van der Waals surface area contributed by atoms with Crippen molar-refractivity contribution in [3.8, 4) is 0 Å². The zero-order valence-corrected chi connectivity index (χ0v) is 13.6. The molecule has 1 fully saturated rings. The Hall–Kier alpha value is -1.04. The number of thioether (sulfide) groups is 1. The summed E-state index contributed by atoms with van der Waals surface area (Å²) < 4.78 is 5.56. The number of rotatable bonds is 5. The van der Waals surface area contributed by atoms with Crippen LogP contribution < -0.4 is 5.32 Å². The van der Waals surface area contributed by atoms with Crippen LogP contribution in [-0.4, -0.2) is 56.5 Å². The molecule has 21 heavy (non-hydrogen) atoms. The molecule has 5 heteroatoms. The molecule has 116 valence electrons. The van der Waals surface area contributed by atoms with Crippen molar-refractivity contribution in [2.24, 2.45) is 5.92 Å². The van der Waals surface area contributed by atoms with Crippen molar-refractivity contribution in [1.82, 2.24) is 10.2 Å². The highest BCUT2D eigenvalue weighted by atomic mass is 32.2. The fourth-order valence-corrected chi connectivity index (χ4v) is 3.21. The fourth-order valence-electron chi connectivity index (χ4n) is 2.35. The molecule has 2 rings (SSSR count). The summed E-state index contributed by atoms with van der Waals surface area (Å²) in [4.78, 5) is 15.4. The van der Waals surface area contributed by atoms with Gasteiger partial charge in [-0.3, -0.25) is 4.79 Å². The molecule has 1 aromatic rings. The van der Waals surface area contributed by atoms with Gasteiger partial charge in [0.2, 0.25) is 5.91 Å². The van der Waals surface area contributed by atoms with E-state index in [1.54, 1.807) is 11.8 Å². The molecule has 0 bridgehead atoms. The van der Waals surface area contributed by atoms with Crippen LogP contribution in [0.5, 0.6) is 0 Å². The molecule has 1 aliphatic heterocycles. The lowest BCUT2D eigenvalue weighted by Gasteiger charge is -2.19. The number of amides is 1. The van der Waals surface area contributed by atoms with Crippen molar-refractivity contribution >= 4 is 17.7 Å². The maximum Gasteiger partial charge on any atom is 0.230 e. The van der Waals surface area contributed by atoms with Crippen LogP contribution in [0.1, 0.15) is 5.56 Å². The van der Waals surface area contributed by atoms with Gasteiger partial charge in [0.25, 0.3) is 0 Å². The first-order chi connectivity index (χ1) is 10.1. The SMILES string of the molecule is Cc1ccccc1SCC(=O)NC[C@H]1COCCN(C)C1. The van der Waals surface area contributed by atoms with E-state index in [-0.39, 0.29) is 5.91 Å². The normalized spacial score (nSPS) is 20.0. The van der Waals surface area contributed by atoms with E-state index in [0.29, 0.717) is 18.2 Å². The Morgan fingerprint density at radius 1 is 1.48 bits per heavy atom. The minimum atomic E-state index is 0.0927. The van der Waals surface area contributed by atoms with E-state index >= 15 is 0 Å². The molecule has 0 radical (unpaired) electrons. The van der Waals surface area contributed by atoms with Crippen LogP contribution in [0.4, 0.5) is 0 Å². The van der Waals surface area contributed by atoms with Gasteiger partial charge < -0.3 is 15.0 Å². The van der Waals surface area contributed by atoms with Crippen molar-refractivity contribution < 1.29 is 9.53 Å². The van der Waals surface area contributed by atoms with Gasteiger partial charge in [-0.05, 0) is 25.6 Å². The Labute approximate surface area is 131 Å². The molecular formula is C16H24N2O2S. The second-order valence-electron chi connectivity index (χ2n) is 5.56. The summed E-state index contributed by atoms with van der Waals surface area (Å²) >= 11 is 1.59. The van der Waals surface area contributed by atoms with E-state index in [1.807, 2.05) is 12.1 Å². The van der Waals surface area contributed by atoms with Crippen LogP contribution >= 0.6 is 11.8 Å². The maximum atomic E-state index is 12.0. The van der Waals surface area contributed by atoms with Gasteiger partial charge in [0.15, 0.2) is 0 Å². The molecular weight excluding hydrogens is 284 g/mol. The van der Waals surface area contributed by atoms with E-state index in [4.69, 9.17) is 4.74 Å². The van der Waals surface area contributed by atoms with Crippen LogP contribution in [-0.2, 0) is 9.53 Å². The Morgan fingerprint density at radius 3 is 3.10 bits per heavy atom. The van der Waals surface area contributed by atoms with E-state index in [9.17, 15) is 4.79 Å². The highest BCUT2D eigenvalue weighted by Crippen LogP contribution is 2.21. The summed E-state index contributed by atoms with van der Waals surface area (Å²) in [5.41, 5.74) is 1.22. The Kier molecular flexibility index (Phi) is 6.54. The third-order valence-corrected chi connectivity index (χ3v) is 4.76. The van der Waals surface area contributed by atoms with Crippen molar-refractivity contribution in [1.29, 1.82) is 0 Å². The van der Waals surface area contributed by atoms with Crippen LogP contribution in [0.25, 0.3) is 0 Å². The molecule has 0 spiro atoms. The predicted molar refractivity (Wildman–Crippen MR) is 86.7 cm³/mol. The third-order valence-electron chi connectivity index (χ3n) is 3.58. The molecule has 0 saturated carbocycles. The summed E-state index contributed by atoms with van der Waals surface area (Å²) in [7, 11) is 2.09. The third kappa shape index (κ3) is 5.69. The van der Waals surface area contributed by atoms with E-state index in [1.165, 1.54) is 10.5 Å². The van der Waals surface area contributed by atoms with Gasteiger partial charge in [0.05, 0.1) is 19.0 Å². The first kappa shape index (κ1) is 16.3. The van der Waals surface area contributed by atoms with Crippen molar-refractivity contribution in [2.75, 3.05) is 45.6 Å². The summed E-state index contributed by atoms with van der Waals surface area (Å²) in [5, 5.41) is 3.02. The number of carbonyl (C=O) groups excluding carboxylic acids is 1. The van der Waals surface area contributed by atoms with E-state index < -0.39 is 0 Å². The van der Waals surface area contributed by atoms with Crippen molar-refractivity contribution in [3.05, 3.63) is 29.8 Å². The van der Waals surface area contributed by atoms with E-state index in [2.05, 4.69) is 36.3 Å². The average Bonchev–Trinajstić information content (AvgIpc) is 2.68. The monoisotopic (exact) mass is 308 g/mol. The number of ether oxygens (including phenoxy) is 1. The van der Waals surface area contributed by atoms with Gasteiger partial charge in [-0.1, -0.05) is 18.2 Å². The van der Waals surface area contributed by atoms with Crippen LogP contribution in [0.15, 0.2) is 29.2 Å². The minimum Gasteiger partial charge on any atom is -0.380 e. The number of carbonyl (C=O) groups is 1. The van der Waals surface area contributed by atoms with Gasteiger partial charge in [-0.15, -0.1) is 11.8 Å². The number of benzene rings is 1. The van der Waals surface area contributed by atoms with Crippen LogP contribution in [0.3, 0.4) is 0 Å². The molecule has 0 aliphatic carbocycles. The van der Waals surface area contributed by atoms with Crippen LogP contribution in [0, 0.1) is 12.8 Å². The number of hydrogen-bond donors (Lipinski definition) is 1. The summed E-state index contributed by atoms with van der Waals surface area (Å²) in [5.74, 6) is 0.939. The smallest absolute Gasteiger partial charge is 0.230 e. The second-order valence-corrected chi connectivity index (χ2v) is 6.58. The number of aryl methyl sites for hydroxylation is 1. The maximum absolute atomic E-state index is 12.0. The summed E-state index contributed by atoms with van der Waals surface area (Å²) in [6.45, 7) is 6.22. The molecule has 1 aliphatic rings.